The summed E-state index contributed by atoms with van der Waals surface area (Å²) in [6.45, 7) is 0. The lowest BCUT2D eigenvalue weighted by Crippen LogP contribution is -2.13. The van der Waals surface area contributed by atoms with E-state index in [9.17, 15) is 0 Å². The molecule has 0 N–H and O–H groups in total. The Balaban J connectivity index is 1.83. The third-order valence-corrected chi connectivity index (χ3v) is 3.69. The van der Waals surface area contributed by atoms with E-state index in [1.54, 1.807) is 0 Å². The zero-order valence-electron chi connectivity index (χ0n) is 8.56. The van der Waals surface area contributed by atoms with Crippen LogP contribution in [0, 0.1) is 0 Å². The van der Waals surface area contributed by atoms with Crippen LogP contribution in [-0.2, 0) is 5.75 Å². The summed E-state index contributed by atoms with van der Waals surface area (Å²) in [7, 11) is 3.80. The second kappa shape index (κ2) is 4.21. The molecule has 0 aliphatic heterocycles. The fourth-order valence-electron chi connectivity index (χ4n) is 1.21. The molecular weight excluding hydrogens is 198 g/mol. The second-order valence-electron chi connectivity index (χ2n) is 3.74. The lowest BCUT2D eigenvalue weighted by molar-refractivity contribution is 0.506. The van der Waals surface area contributed by atoms with E-state index in [1.165, 1.54) is 19.3 Å². The SMILES string of the molecule is CN(C)c1nnc(CSC2CCC2)o1. The second-order valence-corrected chi connectivity index (χ2v) is 5.03. The predicted molar refractivity (Wildman–Crippen MR) is 57.6 cm³/mol. The summed E-state index contributed by atoms with van der Waals surface area (Å²) in [6, 6.07) is 0.592. The zero-order chi connectivity index (χ0) is 9.97. The van der Waals surface area contributed by atoms with Gasteiger partial charge in [-0.1, -0.05) is 11.5 Å². The Hall–Kier alpha value is -0.710. The van der Waals surface area contributed by atoms with E-state index < -0.39 is 0 Å². The van der Waals surface area contributed by atoms with E-state index in [0.29, 0.717) is 6.01 Å². The lowest BCUT2D eigenvalue weighted by atomic mass is 10.0. The molecule has 1 aromatic heterocycles. The molecule has 5 heteroatoms. The number of anilines is 1. The van der Waals surface area contributed by atoms with E-state index in [2.05, 4.69) is 10.2 Å². The molecule has 0 amide bonds. The fourth-order valence-corrected chi connectivity index (χ4v) is 2.37. The van der Waals surface area contributed by atoms with Crippen LogP contribution in [-0.4, -0.2) is 29.5 Å². The highest BCUT2D eigenvalue weighted by Gasteiger charge is 2.19. The Morgan fingerprint density at radius 1 is 1.43 bits per heavy atom. The number of thioether (sulfide) groups is 1. The van der Waals surface area contributed by atoms with Crippen molar-refractivity contribution in [3.63, 3.8) is 0 Å². The van der Waals surface area contributed by atoms with Gasteiger partial charge in [0.2, 0.25) is 5.89 Å². The van der Waals surface area contributed by atoms with Gasteiger partial charge in [0.25, 0.3) is 0 Å². The monoisotopic (exact) mass is 213 g/mol. The molecule has 1 heterocycles. The Labute approximate surface area is 88.1 Å². The third kappa shape index (κ3) is 2.20. The van der Waals surface area contributed by atoms with Gasteiger partial charge in [-0.3, -0.25) is 0 Å². The fraction of sp³-hybridized carbons (Fsp3) is 0.778. The van der Waals surface area contributed by atoms with Crippen molar-refractivity contribution in [1.29, 1.82) is 0 Å². The van der Waals surface area contributed by atoms with Gasteiger partial charge >= 0.3 is 6.01 Å². The zero-order valence-corrected chi connectivity index (χ0v) is 9.38. The van der Waals surface area contributed by atoms with Gasteiger partial charge in [-0.2, -0.15) is 0 Å². The Kier molecular flexibility index (Phi) is 2.96. The van der Waals surface area contributed by atoms with Crippen molar-refractivity contribution < 1.29 is 4.42 Å². The average Bonchev–Trinajstić information content (AvgIpc) is 2.50. The van der Waals surface area contributed by atoms with E-state index in [-0.39, 0.29) is 0 Å². The Bertz CT molecular complexity index is 296. The molecule has 0 aromatic carbocycles. The first-order valence-electron chi connectivity index (χ1n) is 4.87. The molecule has 2 rings (SSSR count). The summed E-state index contributed by atoms with van der Waals surface area (Å²) in [5.74, 6) is 1.59. The van der Waals surface area contributed by atoms with Crippen LogP contribution in [0.3, 0.4) is 0 Å². The van der Waals surface area contributed by atoms with Crippen LogP contribution in [0.25, 0.3) is 0 Å². The molecular formula is C9H15N3OS. The van der Waals surface area contributed by atoms with Crippen molar-refractivity contribution in [3.05, 3.63) is 5.89 Å². The van der Waals surface area contributed by atoms with Gasteiger partial charge in [0.15, 0.2) is 0 Å². The van der Waals surface area contributed by atoms with Gasteiger partial charge in [0.05, 0.1) is 5.75 Å². The first-order valence-corrected chi connectivity index (χ1v) is 5.92. The van der Waals surface area contributed by atoms with Gasteiger partial charge in [-0.05, 0) is 12.8 Å². The van der Waals surface area contributed by atoms with Crippen molar-refractivity contribution in [1.82, 2.24) is 10.2 Å². The van der Waals surface area contributed by atoms with Crippen LogP contribution < -0.4 is 4.90 Å². The Morgan fingerprint density at radius 2 is 2.21 bits per heavy atom. The minimum atomic E-state index is 0.592. The molecule has 0 bridgehead atoms. The molecule has 0 atom stereocenters. The largest absolute Gasteiger partial charge is 0.407 e. The minimum absolute atomic E-state index is 0.592. The summed E-state index contributed by atoms with van der Waals surface area (Å²) in [4.78, 5) is 1.82. The highest BCUT2D eigenvalue weighted by atomic mass is 32.2. The first-order chi connectivity index (χ1) is 6.75. The van der Waals surface area contributed by atoms with Crippen LogP contribution in [0.5, 0.6) is 0 Å². The van der Waals surface area contributed by atoms with Crippen LogP contribution in [0.4, 0.5) is 6.01 Å². The quantitative estimate of drug-likeness (QED) is 0.764. The predicted octanol–water partition coefficient (Wildman–Crippen LogP) is 1.92. The molecule has 1 saturated carbocycles. The molecule has 4 nitrogen and oxygen atoms in total. The first kappa shape index (κ1) is 9.83. The van der Waals surface area contributed by atoms with E-state index in [4.69, 9.17) is 4.42 Å². The highest BCUT2D eigenvalue weighted by molar-refractivity contribution is 7.99. The number of nitrogens with zero attached hydrogens (tertiary/aromatic N) is 3. The molecule has 0 spiro atoms. The van der Waals surface area contributed by atoms with Crippen LogP contribution in [0.15, 0.2) is 4.42 Å². The molecule has 1 aliphatic carbocycles. The number of aromatic nitrogens is 2. The number of rotatable bonds is 4. The molecule has 1 fully saturated rings. The molecule has 0 saturated heterocycles. The normalized spacial score (nSPS) is 16.7. The van der Waals surface area contributed by atoms with Crippen molar-refractivity contribution >= 4 is 17.8 Å². The summed E-state index contributed by atoms with van der Waals surface area (Å²) in [5, 5.41) is 8.75. The van der Waals surface area contributed by atoms with E-state index in [1.807, 2.05) is 30.8 Å². The van der Waals surface area contributed by atoms with Crippen molar-refractivity contribution in [2.24, 2.45) is 0 Å². The maximum atomic E-state index is 5.45. The highest BCUT2D eigenvalue weighted by Crippen LogP contribution is 2.33. The smallest absolute Gasteiger partial charge is 0.317 e. The standard InChI is InChI=1S/C9H15N3OS/c1-12(2)9-11-10-8(13-9)6-14-7-4-3-5-7/h7H,3-6H2,1-2H3. The summed E-state index contributed by atoms with van der Waals surface area (Å²) in [6.07, 6.45) is 4.07. The van der Waals surface area contributed by atoms with Gasteiger partial charge in [0, 0.05) is 19.3 Å². The molecule has 0 unspecified atom stereocenters. The van der Waals surface area contributed by atoms with E-state index >= 15 is 0 Å². The maximum absolute atomic E-state index is 5.45. The van der Waals surface area contributed by atoms with Crippen molar-refractivity contribution in [2.75, 3.05) is 19.0 Å². The van der Waals surface area contributed by atoms with Crippen LogP contribution in [0.2, 0.25) is 0 Å². The molecule has 0 radical (unpaired) electrons. The van der Waals surface area contributed by atoms with Crippen LogP contribution >= 0.6 is 11.8 Å². The van der Waals surface area contributed by atoms with Gasteiger partial charge in [0.1, 0.15) is 0 Å². The van der Waals surface area contributed by atoms with Crippen molar-refractivity contribution in [3.8, 4) is 0 Å². The van der Waals surface area contributed by atoms with Gasteiger partial charge in [-0.25, -0.2) is 0 Å². The third-order valence-electron chi connectivity index (χ3n) is 2.33. The summed E-state index contributed by atoms with van der Waals surface area (Å²) < 4.78 is 5.45. The maximum Gasteiger partial charge on any atom is 0.317 e. The Morgan fingerprint density at radius 3 is 2.71 bits per heavy atom. The average molecular weight is 213 g/mol. The lowest BCUT2D eigenvalue weighted by Gasteiger charge is -2.23. The molecule has 78 valence electrons. The number of hydrogen-bond donors (Lipinski definition) is 0. The summed E-state index contributed by atoms with van der Waals surface area (Å²) in [5.41, 5.74) is 0. The number of hydrogen-bond acceptors (Lipinski definition) is 5. The summed E-state index contributed by atoms with van der Waals surface area (Å²) >= 11 is 1.93. The molecule has 14 heavy (non-hydrogen) atoms. The van der Waals surface area contributed by atoms with Gasteiger partial charge < -0.3 is 9.32 Å². The minimum Gasteiger partial charge on any atom is -0.407 e. The van der Waals surface area contributed by atoms with Crippen molar-refractivity contribution in [2.45, 2.75) is 30.3 Å². The topological polar surface area (TPSA) is 42.2 Å². The molecule has 1 aliphatic rings. The van der Waals surface area contributed by atoms with Gasteiger partial charge in [-0.15, -0.1) is 16.9 Å². The van der Waals surface area contributed by atoms with E-state index in [0.717, 1.165) is 16.9 Å². The molecule has 1 aromatic rings. The van der Waals surface area contributed by atoms with Crippen LogP contribution in [0.1, 0.15) is 25.2 Å².